The third kappa shape index (κ3) is 3.43. The second kappa shape index (κ2) is 7.22. The van der Waals surface area contributed by atoms with Crippen molar-refractivity contribution in [1.82, 2.24) is 25.0 Å². The van der Waals surface area contributed by atoms with E-state index in [-0.39, 0.29) is 25.0 Å². The van der Waals surface area contributed by atoms with Gasteiger partial charge < -0.3 is 15.0 Å². The number of carbonyl (C=O) groups excluding carboxylic acids is 2. The Bertz CT molecular complexity index is 716. The van der Waals surface area contributed by atoms with E-state index in [1.807, 2.05) is 30.3 Å². The molecule has 1 fully saturated rings. The zero-order chi connectivity index (χ0) is 16.9. The number of nitrogens with zero attached hydrogens (tertiary/aromatic N) is 4. The van der Waals surface area contributed by atoms with Gasteiger partial charge in [0.15, 0.2) is 5.82 Å². The van der Waals surface area contributed by atoms with Crippen LogP contribution in [0.1, 0.15) is 12.7 Å². The number of hydrogen-bond acceptors (Lipinski definition) is 5. The molecule has 0 spiro atoms. The Morgan fingerprint density at radius 2 is 2.12 bits per heavy atom. The maximum atomic E-state index is 12.4. The highest BCUT2D eigenvalue weighted by atomic mass is 16.5. The summed E-state index contributed by atoms with van der Waals surface area (Å²) < 4.78 is 6.99. The van der Waals surface area contributed by atoms with Crippen LogP contribution in [-0.4, -0.2) is 57.3 Å². The quantitative estimate of drug-likeness (QED) is 0.861. The summed E-state index contributed by atoms with van der Waals surface area (Å²) in [5.74, 6) is 0.221. The zero-order valence-electron chi connectivity index (χ0n) is 13.4. The maximum absolute atomic E-state index is 12.4. The van der Waals surface area contributed by atoms with Crippen LogP contribution in [-0.2, 0) is 20.9 Å². The summed E-state index contributed by atoms with van der Waals surface area (Å²) in [6.45, 7) is 2.75. The summed E-state index contributed by atoms with van der Waals surface area (Å²) >= 11 is 0. The Kier molecular flexibility index (Phi) is 4.85. The Labute approximate surface area is 139 Å². The monoisotopic (exact) mass is 329 g/mol. The molecular weight excluding hydrogens is 310 g/mol. The molecule has 0 radical (unpaired) electrons. The molecule has 1 N–H and O–H groups in total. The van der Waals surface area contributed by atoms with Gasteiger partial charge in [0.1, 0.15) is 12.4 Å². The SMILES string of the molecule is CC(=O)N1CCOCC1C(=O)NCc1ncnn1-c1ccccc1. The predicted octanol–water partition coefficient (Wildman–Crippen LogP) is 0.131. The van der Waals surface area contributed by atoms with Gasteiger partial charge in [-0.1, -0.05) is 18.2 Å². The molecule has 1 aromatic carbocycles. The lowest BCUT2D eigenvalue weighted by Crippen LogP contribution is -2.55. The molecule has 1 aliphatic heterocycles. The lowest BCUT2D eigenvalue weighted by atomic mass is 10.2. The normalized spacial score (nSPS) is 17.5. The molecule has 1 aromatic heterocycles. The largest absolute Gasteiger partial charge is 0.377 e. The van der Waals surface area contributed by atoms with Gasteiger partial charge in [0.2, 0.25) is 11.8 Å². The van der Waals surface area contributed by atoms with Gasteiger partial charge in [0.05, 0.1) is 25.4 Å². The number of rotatable bonds is 4. The fourth-order valence-corrected chi connectivity index (χ4v) is 2.65. The van der Waals surface area contributed by atoms with Crippen molar-refractivity contribution in [3.05, 3.63) is 42.5 Å². The number of benzene rings is 1. The molecule has 0 saturated carbocycles. The van der Waals surface area contributed by atoms with E-state index in [1.165, 1.54) is 18.2 Å². The number of para-hydroxylation sites is 1. The van der Waals surface area contributed by atoms with E-state index in [1.54, 1.807) is 4.68 Å². The third-order valence-electron chi connectivity index (χ3n) is 3.88. The molecule has 1 saturated heterocycles. The van der Waals surface area contributed by atoms with Crippen molar-refractivity contribution in [2.45, 2.75) is 19.5 Å². The van der Waals surface area contributed by atoms with Gasteiger partial charge in [-0.2, -0.15) is 5.10 Å². The lowest BCUT2D eigenvalue weighted by Gasteiger charge is -2.33. The first-order valence-corrected chi connectivity index (χ1v) is 7.74. The topological polar surface area (TPSA) is 89.3 Å². The first kappa shape index (κ1) is 16.1. The average Bonchev–Trinajstić information content (AvgIpc) is 3.09. The van der Waals surface area contributed by atoms with Crippen LogP contribution in [0.2, 0.25) is 0 Å². The lowest BCUT2D eigenvalue weighted by molar-refractivity contribution is -0.147. The summed E-state index contributed by atoms with van der Waals surface area (Å²) in [6, 6.07) is 8.94. The average molecular weight is 329 g/mol. The fourth-order valence-electron chi connectivity index (χ4n) is 2.65. The Morgan fingerprint density at radius 1 is 1.33 bits per heavy atom. The second-order valence-electron chi connectivity index (χ2n) is 5.44. The zero-order valence-corrected chi connectivity index (χ0v) is 13.4. The molecule has 2 aromatic rings. The Morgan fingerprint density at radius 3 is 2.88 bits per heavy atom. The van der Waals surface area contributed by atoms with Crippen LogP contribution in [0, 0.1) is 0 Å². The van der Waals surface area contributed by atoms with E-state index in [2.05, 4.69) is 15.4 Å². The smallest absolute Gasteiger partial charge is 0.245 e. The van der Waals surface area contributed by atoms with E-state index in [0.29, 0.717) is 19.0 Å². The van der Waals surface area contributed by atoms with E-state index in [4.69, 9.17) is 4.74 Å². The molecule has 1 unspecified atom stereocenters. The first-order chi connectivity index (χ1) is 11.7. The van der Waals surface area contributed by atoms with Crippen LogP contribution >= 0.6 is 0 Å². The molecular formula is C16H19N5O3. The number of aromatic nitrogens is 3. The minimum atomic E-state index is -0.607. The van der Waals surface area contributed by atoms with Crippen LogP contribution in [0.4, 0.5) is 0 Å². The van der Waals surface area contributed by atoms with Crippen LogP contribution in [0.15, 0.2) is 36.7 Å². The molecule has 8 nitrogen and oxygen atoms in total. The molecule has 3 rings (SSSR count). The number of ether oxygens (including phenoxy) is 1. The van der Waals surface area contributed by atoms with Gasteiger partial charge in [-0.25, -0.2) is 9.67 Å². The summed E-state index contributed by atoms with van der Waals surface area (Å²) in [5, 5.41) is 7.00. The van der Waals surface area contributed by atoms with Gasteiger partial charge >= 0.3 is 0 Å². The summed E-state index contributed by atoms with van der Waals surface area (Å²) in [5.41, 5.74) is 0.866. The van der Waals surface area contributed by atoms with Crippen molar-refractivity contribution >= 4 is 11.8 Å². The molecule has 0 aliphatic carbocycles. The molecule has 2 heterocycles. The third-order valence-corrected chi connectivity index (χ3v) is 3.88. The highest BCUT2D eigenvalue weighted by Crippen LogP contribution is 2.10. The van der Waals surface area contributed by atoms with Crippen molar-refractivity contribution in [3.63, 3.8) is 0 Å². The van der Waals surface area contributed by atoms with Crippen LogP contribution < -0.4 is 5.32 Å². The number of amides is 2. The molecule has 126 valence electrons. The summed E-state index contributed by atoms with van der Waals surface area (Å²) in [4.78, 5) is 29.8. The van der Waals surface area contributed by atoms with Gasteiger partial charge in [0, 0.05) is 13.5 Å². The van der Waals surface area contributed by atoms with Gasteiger partial charge in [-0.15, -0.1) is 0 Å². The number of nitrogens with one attached hydrogen (secondary N) is 1. The maximum Gasteiger partial charge on any atom is 0.245 e. The number of hydrogen-bond donors (Lipinski definition) is 1. The van der Waals surface area contributed by atoms with Gasteiger partial charge in [-0.05, 0) is 12.1 Å². The molecule has 1 atom stereocenters. The second-order valence-corrected chi connectivity index (χ2v) is 5.44. The highest BCUT2D eigenvalue weighted by molar-refractivity contribution is 5.87. The van der Waals surface area contributed by atoms with E-state index >= 15 is 0 Å². The minimum absolute atomic E-state index is 0.133. The number of carbonyl (C=O) groups is 2. The molecule has 1 aliphatic rings. The van der Waals surface area contributed by atoms with E-state index in [0.717, 1.165) is 5.69 Å². The van der Waals surface area contributed by atoms with Gasteiger partial charge in [0.25, 0.3) is 0 Å². The van der Waals surface area contributed by atoms with Crippen LogP contribution in [0.3, 0.4) is 0 Å². The van der Waals surface area contributed by atoms with Crippen molar-refractivity contribution in [2.24, 2.45) is 0 Å². The van der Waals surface area contributed by atoms with Gasteiger partial charge in [-0.3, -0.25) is 9.59 Å². The van der Waals surface area contributed by atoms with Crippen molar-refractivity contribution in [3.8, 4) is 5.69 Å². The van der Waals surface area contributed by atoms with Crippen molar-refractivity contribution in [2.75, 3.05) is 19.8 Å². The summed E-state index contributed by atoms with van der Waals surface area (Å²) in [6.07, 6.45) is 1.44. The number of morpholine rings is 1. The van der Waals surface area contributed by atoms with Crippen LogP contribution in [0.5, 0.6) is 0 Å². The summed E-state index contributed by atoms with van der Waals surface area (Å²) in [7, 11) is 0. The van der Waals surface area contributed by atoms with E-state index < -0.39 is 6.04 Å². The standard InChI is InChI=1S/C16H19N5O3/c1-12(22)20-7-8-24-10-14(20)16(23)17-9-15-18-11-19-21(15)13-5-3-2-4-6-13/h2-6,11,14H,7-10H2,1H3,(H,17,23). The van der Waals surface area contributed by atoms with E-state index in [9.17, 15) is 9.59 Å². The Balaban J connectivity index is 1.67. The molecule has 2 amide bonds. The highest BCUT2D eigenvalue weighted by Gasteiger charge is 2.31. The van der Waals surface area contributed by atoms with Crippen molar-refractivity contribution < 1.29 is 14.3 Å². The predicted molar refractivity (Wildman–Crippen MR) is 85.2 cm³/mol. The van der Waals surface area contributed by atoms with Crippen molar-refractivity contribution in [1.29, 1.82) is 0 Å². The van der Waals surface area contributed by atoms with Crippen LogP contribution in [0.25, 0.3) is 5.69 Å². The molecule has 0 bridgehead atoms. The molecule has 24 heavy (non-hydrogen) atoms. The minimum Gasteiger partial charge on any atom is -0.377 e. The fraction of sp³-hybridized carbons (Fsp3) is 0.375. The molecule has 8 heteroatoms. The first-order valence-electron chi connectivity index (χ1n) is 7.74. The Hall–Kier alpha value is -2.74.